The van der Waals surface area contributed by atoms with Crippen LogP contribution in [0.4, 0.5) is 10.2 Å². The molecule has 3 aromatic heterocycles. The lowest BCUT2D eigenvalue weighted by molar-refractivity contribution is 0.0937. The van der Waals surface area contributed by atoms with Crippen LogP contribution >= 0.6 is 11.8 Å². The number of thioether (sulfide) groups is 1. The smallest absolute Gasteiger partial charge is 0.254 e. The molecule has 1 atom stereocenters. The molecule has 0 saturated carbocycles. The van der Waals surface area contributed by atoms with Crippen molar-refractivity contribution in [2.75, 3.05) is 11.6 Å². The Hall–Kier alpha value is -3.46. The Morgan fingerprint density at radius 1 is 1.15 bits per heavy atom. The Balaban J connectivity index is 1.64. The summed E-state index contributed by atoms with van der Waals surface area (Å²) < 4.78 is 15.0. The van der Waals surface area contributed by atoms with Gasteiger partial charge in [0.2, 0.25) is 0 Å². The van der Waals surface area contributed by atoms with E-state index in [9.17, 15) is 9.18 Å². The lowest BCUT2D eigenvalue weighted by atomic mass is 10.0. The number of nitrogens with one attached hydrogen (secondary N) is 2. The van der Waals surface area contributed by atoms with Crippen LogP contribution in [0.3, 0.4) is 0 Å². The largest absolute Gasteiger partial charge is 0.368 e. The minimum atomic E-state index is -0.323. The highest BCUT2D eigenvalue weighted by molar-refractivity contribution is 7.98. The molecule has 1 unspecified atom stereocenters. The van der Waals surface area contributed by atoms with Crippen molar-refractivity contribution in [3.8, 4) is 5.69 Å². The molecule has 176 valence electrons. The van der Waals surface area contributed by atoms with Crippen LogP contribution in [0, 0.1) is 5.82 Å². The summed E-state index contributed by atoms with van der Waals surface area (Å²) in [5.74, 6) is 0.231. The number of pyridine rings is 2. The molecular formula is C25H27FN6OS. The number of amides is 1. The zero-order chi connectivity index (χ0) is 24.2. The van der Waals surface area contributed by atoms with Crippen molar-refractivity contribution in [3.05, 3.63) is 71.9 Å². The molecule has 0 aliphatic heterocycles. The van der Waals surface area contributed by atoms with Crippen molar-refractivity contribution in [2.45, 2.75) is 44.3 Å². The molecular weight excluding hydrogens is 451 g/mol. The van der Waals surface area contributed by atoms with E-state index in [1.807, 2.05) is 25.3 Å². The zero-order valence-electron chi connectivity index (χ0n) is 19.5. The third kappa shape index (κ3) is 5.04. The van der Waals surface area contributed by atoms with Gasteiger partial charge in [0, 0.05) is 17.6 Å². The molecule has 34 heavy (non-hydrogen) atoms. The molecule has 0 aliphatic carbocycles. The predicted octanol–water partition coefficient (Wildman–Crippen LogP) is 5.38. The summed E-state index contributed by atoms with van der Waals surface area (Å²) in [4.78, 5) is 22.2. The number of anilines is 1. The van der Waals surface area contributed by atoms with Gasteiger partial charge in [-0.25, -0.2) is 14.1 Å². The van der Waals surface area contributed by atoms with Crippen LogP contribution in [0.15, 0.2) is 60.0 Å². The van der Waals surface area contributed by atoms with Crippen molar-refractivity contribution in [3.63, 3.8) is 0 Å². The summed E-state index contributed by atoms with van der Waals surface area (Å²) in [6, 6.07) is 10.1. The van der Waals surface area contributed by atoms with Gasteiger partial charge in [0.1, 0.15) is 11.6 Å². The highest BCUT2D eigenvalue weighted by Gasteiger charge is 2.20. The zero-order valence-corrected chi connectivity index (χ0v) is 20.4. The fraction of sp³-hybridized carbons (Fsp3) is 0.280. The summed E-state index contributed by atoms with van der Waals surface area (Å²) in [6.45, 7) is 6.16. The molecule has 0 spiro atoms. The van der Waals surface area contributed by atoms with Crippen LogP contribution in [0.1, 0.15) is 49.2 Å². The van der Waals surface area contributed by atoms with E-state index in [1.165, 1.54) is 12.1 Å². The van der Waals surface area contributed by atoms with E-state index in [-0.39, 0.29) is 23.8 Å². The third-order valence-electron chi connectivity index (χ3n) is 5.40. The van der Waals surface area contributed by atoms with Gasteiger partial charge in [-0.15, -0.1) is 11.8 Å². The average Bonchev–Trinajstić information content (AvgIpc) is 3.26. The van der Waals surface area contributed by atoms with Crippen LogP contribution in [-0.4, -0.2) is 38.0 Å². The van der Waals surface area contributed by atoms with Gasteiger partial charge in [-0.1, -0.05) is 6.92 Å². The number of hydrogen-bond donors (Lipinski definition) is 2. The van der Waals surface area contributed by atoms with E-state index in [0.29, 0.717) is 28.6 Å². The van der Waals surface area contributed by atoms with Crippen LogP contribution in [0.2, 0.25) is 0 Å². The van der Waals surface area contributed by atoms with Gasteiger partial charge in [-0.3, -0.25) is 9.78 Å². The number of carbonyl (C=O) groups is 1. The first-order chi connectivity index (χ1) is 16.4. The maximum absolute atomic E-state index is 13.3. The molecule has 0 fully saturated rings. The van der Waals surface area contributed by atoms with Gasteiger partial charge in [0.25, 0.3) is 5.91 Å². The number of benzene rings is 1. The van der Waals surface area contributed by atoms with Crippen LogP contribution in [0.5, 0.6) is 0 Å². The maximum atomic E-state index is 13.3. The molecule has 7 nitrogen and oxygen atoms in total. The van der Waals surface area contributed by atoms with Gasteiger partial charge >= 0.3 is 0 Å². The van der Waals surface area contributed by atoms with Gasteiger partial charge < -0.3 is 10.6 Å². The fourth-order valence-electron chi connectivity index (χ4n) is 3.77. The Morgan fingerprint density at radius 3 is 2.59 bits per heavy atom. The Bertz CT molecular complexity index is 1300. The molecule has 1 amide bonds. The molecule has 1 aromatic carbocycles. The van der Waals surface area contributed by atoms with E-state index in [2.05, 4.69) is 39.5 Å². The van der Waals surface area contributed by atoms with E-state index in [1.54, 1.807) is 47.2 Å². The van der Waals surface area contributed by atoms with Crippen LogP contribution in [0.25, 0.3) is 16.6 Å². The first-order valence-electron chi connectivity index (χ1n) is 11.1. The SMILES string of the molecule is CCC(NC(=O)c1cncc2c1cnn2-c1ccc(F)cc1)c1cc(NC(C)C)nc(SC)c1. The third-order valence-corrected chi connectivity index (χ3v) is 6.03. The first kappa shape index (κ1) is 23.7. The molecule has 0 radical (unpaired) electrons. The molecule has 4 rings (SSSR count). The summed E-state index contributed by atoms with van der Waals surface area (Å²) in [5.41, 5.74) is 2.78. The molecule has 9 heteroatoms. The molecule has 0 aliphatic rings. The van der Waals surface area contributed by atoms with E-state index in [0.717, 1.165) is 16.4 Å². The Morgan fingerprint density at radius 2 is 1.91 bits per heavy atom. The summed E-state index contributed by atoms with van der Waals surface area (Å²) in [6.07, 6.45) is 7.53. The fourth-order valence-corrected chi connectivity index (χ4v) is 4.21. The first-order valence-corrected chi connectivity index (χ1v) is 12.3. The normalized spacial score (nSPS) is 12.2. The maximum Gasteiger partial charge on any atom is 0.254 e. The highest BCUT2D eigenvalue weighted by atomic mass is 32.2. The number of nitrogens with zero attached hydrogens (tertiary/aromatic N) is 4. The highest BCUT2D eigenvalue weighted by Crippen LogP contribution is 2.26. The molecule has 4 aromatic rings. The summed E-state index contributed by atoms with van der Waals surface area (Å²) in [7, 11) is 0. The Kier molecular flexibility index (Phi) is 7.12. The van der Waals surface area contributed by atoms with E-state index >= 15 is 0 Å². The molecule has 0 saturated heterocycles. The summed E-state index contributed by atoms with van der Waals surface area (Å²) in [5, 5.41) is 12.5. The second-order valence-electron chi connectivity index (χ2n) is 8.21. The van der Waals surface area contributed by atoms with Gasteiger partial charge in [-0.05, 0) is 68.5 Å². The molecule has 3 heterocycles. The summed E-state index contributed by atoms with van der Waals surface area (Å²) >= 11 is 1.56. The predicted molar refractivity (Wildman–Crippen MR) is 134 cm³/mol. The van der Waals surface area contributed by atoms with Crippen molar-refractivity contribution < 1.29 is 9.18 Å². The van der Waals surface area contributed by atoms with Crippen molar-refractivity contribution in [1.82, 2.24) is 25.1 Å². The lowest BCUT2D eigenvalue weighted by Gasteiger charge is -2.20. The minimum absolute atomic E-state index is 0.198. The van der Waals surface area contributed by atoms with Gasteiger partial charge in [0.05, 0.1) is 40.2 Å². The number of aromatic nitrogens is 4. The van der Waals surface area contributed by atoms with E-state index < -0.39 is 0 Å². The molecule has 2 N–H and O–H groups in total. The minimum Gasteiger partial charge on any atom is -0.368 e. The number of hydrogen-bond acceptors (Lipinski definition) is 6. The van der Waals surface area contributed by atoms with Crippen LogP contribution < -0.4 is 10.6 Å². The topological polar surface area (TPSA) is 84.7 Å². The van der Waals surface area contributed by atoms with Crippen molar-refractivity contribution in [2.24, 2.45) is 0 Å². The number of fused-ring (bicyclic) bond motifs is 1. The number of halogens is 1. The number of carbonyl (C=O) groups excluding carboxylic acids is 1. The second-order valence-corrected chi connectivity index (χ2v) is 9.04. The second kappa shape index (κ2) is 10.2. The average molecular weight is 479 g/mol. The van der Waals surface area contributed by atoms with Gasteiger partial charge in [-0.2, -0.15) is 5.10 Å². The van der Waals surface area contributed by atoms with Crippen LogP contribution in [-0.2, 0) is 0 Å². The molecule has 0 bridgehead atoms. The Labute approximate surface area is 202 Å². The van der Waals surface area contributed by atoms with Crippen molar-refractivity contribution >= 4 is 34.4 Å². The lowest BCUT2D eigenvalue weighted by Crippen LogP contribution is -2.28. The van der Waals surface area contributed by atoms with Gasteiger partial charge in [0.15, 0.2) is 0 Å². The van der Waals surface area contributed by atoms with E-state index in [4.69, 9.17) is 0 Å². The number of rotatable bonds is 8. The monoisotopic (exact) mass is 478 g/mol. The quantitative estimate of drug-likeness (QED) is 0.331. The standard InChI is InChI=1S/C25H27FN6OS/c1-5-21(16-10-23(29-15(2)3)31-24(11-16)34-4)30-25(33)20-12-27-14-22-19(20)13-28-32(22)18-8-6-17(26)7-9-18/h6-15,21H,5H2,1-4H3,(H,29,31)(H,30,33). The van der Waals surface area contributed by atoms with Crippen molar-refractivity contribution in [1.29, 1.82) is 0 Å².